The first-order chi connectivity index (χ1) is 9.45. The van der Waals surface area contributed by atoms with Crippen LogP contribution >= 0.6 is 15.9 Å². The Bertz CT molecular complexity index is 627. The highest BCUT2D eigenvalue weighted by Crippen LogP contribution is 2.12. The molecule has 0 saturated carbocycles. The minimum Gasteiger partial charge on any atom is -0.453 e. The van der Waals surface area contributed by atoms with Crippen molar-refractivity contribution in [1.82, 2.24) is 19.9 Å². The number of esters is 1. The van der Waals surface area contributed by atoms with E-state index in [0.717, 1.165) is 4.47 Å². The van der Waals surface area contributed by atoms with Gasteiger partial charge in [-0.2, -0.15) is 15.0 Å². The lowest BCUT2D eigenvalue weighted by atomic mass is 10.4. The number of anilines is 2. The largest absolute Gasteiger partial charge is 0.453 e. The third-order valence-electron chi connectivity index (χ3n) is 2.29. The summed E-state index contributed by atoms with van der Waals surface area (Å²) in [6.07, 6.45) is 1.64. The minimum absolute atomic E-state index is 0.0803. The molecule has 0 fully saturated rings. The number of H-pyrrole nitrogens is 1. The first-order valence-electron chi connectivity index (χ1n) is 5.64. The van der Waals surface area contributed by atoms with Crippen molar-refractivity contribution in [3.05, 3.63) is 28.3 Å². The van der Waals surface area contributed by atoms with E-state index in [1.165, 1.54) is 0 Å². The predicted molar refractivity (Wildman–Crippen MR) is 76.2 cm³/mol. The van der Waals surface area contributed by atoms with Crippen molar-refractivity contribution in [2.24, 2.45) is 0 Å². The topological polar surface area (TPSA) is 110 Å². The van der Waals surface area contributed by atoms with Gasteiger partial charge in [0.1, 0.15) is 5.69 Å². The zero-order chi connectivity index (χ0) is 14.7. The summed E-state index contributed by atoms with van der Waals surface area (Å²) in [5, 5.41) is 0. The number of hydrogen-bond acceptors (Lipinski definition) is 7. The van der Waals surface area contributed by atoms with E-state index in [-0.39, 0.29) is 12.6 Å². The van der Waals surface area contributed by atoms with Gasteiger partial charge in [-0.3, -0.25) is 0 Å². The zero-order valence-corrected chi connectivity index (χ0v) is 12.5. The zero-order valence-electron chi connectivity index (χ0n) is 10.9. The second-order valence-corrected chi connectivity index (χ2v) is 5.03. The monoisotopic (exact) mass is 340 g/mol. The smallest absolute Gasteiger partial charge is 0.355 e. The SMILES string of the molecule is CN(C)c1nc(N)nc(COC(=O)c2cc(Br)c[nH]2)n1. The molecule has 0 atom stereocenters. The highest BCUT2D eigenvalue weighted by atomic mass is 79.9. The fraction of sp³-hybridized carbons (Fsp3) is 0.273. The summed E-state index contributed by atoms with van der Waals surface area (Å²) in [6.45, 7) is -0.0803. The number of aromatic amines is 1. The Hall–Kier alpha value is -2.16. The van der Waals surface area contributed by atoms with Gasteiger partial charge in [0.2, 0.25) is 11.9 Å². The van der Waals surface area contributed by atoms with E-state index in [2.05, 4.69) is 35.9 Å². The Morgan fingerprint density at radius 1 is 1.45 bits per heavy atom. The van der Waals surface area contributed by atoms with E-state index in [1.54, 1.807) is 31.3 Å². The van der Waals surface area contributed by atoms with Gasteiger partial charge in [0.15, 0.2) is 12.4 Å². The molecule has 0 radical (unpaired) electrons. The second kappa shape index (κ2) is 5.87. The Morgan fingerprint density at radius 3 is 2.80 bits per heavy atom. The van der Waals surface area contributed by atoms with Gasteiger partial charge in [-0.15, -0.1) is 0 Å². The van der Waals surface area contributed by atoms with E-state index >= 15 is 0 Å². The summed E-state index contributed by atoms with van der Waals surface area (Å²) in [5.41, 5.74) is 5.92. The Morgan fingerprint density at radius 2 is 2.20 bits per heavy atom. The van der Waals surface area contributed by atoms with Crippen molar-refractivity contribution < 1.29 is 9.53 Å². The van der Waals surface area contributed by atoms with Crippen molar-refractivity contribution >= 4 is 33.8 Å². The maximum Gasteiger partial charge on any atom is 0.355 e. The quantitative estimate of drug-likeness (QED) is 0.797. The molecule has 8 nitrogen and oxygen atoms in total. The Balaban J connectivity index is 2.05. The molecule has 0 amide bonds. The summed E-state index contributed by atoms with van der Waals surface area (Å²) in [5.74, 6) is 0.282. The van der Waals surface area contributed by atoms with Crippen LogP contribution in [-0.2, 0) is 11.3 Å². The van der Waals surface area contributed by atoms with Gasteiger partial charge in [-0.05, 0) is 22.0 Å². The molecule has 0 saturated heterocycles. The van der Waals surface area contributed by atoms with Crippen LogP contribution in [0, 0.1) is 0 Å². The van der Waals surface area contributed by atoms with Crippen molar-refractivity contribution in [1.29, 1.82) is 0 Å². The lowest BCUT2D eigenvalue weighted by molar-refractivity contribution is 0.0456. The molecule has 0 unspecified atom stereocenters. The molecular weight excluding hydrogens is 328 g/mol. The number of nitrogens with zero attached hydrogens (tertiary/aromatic N) is 4. The molecule has 2 rings (SSSR count). The lowest BCUT2D eigenvalue weighted by Crippen LogP contribution is -2.17. The van der Waals surface area contributed by atoms with Gasteiger partial charge in [0, 0.05) is 24.8 Å². The first kappa shape index (κ1) is 14.3. The standard InChI is InChI=1S/C11H13BrN6O2/c1-18(2)11-16-8(15-10(13)17-11)5-20-9(19)7-3-6(12)4-14-7/h3-4,14H,5H2,1-2H3,(H2,13,15,16,17). The second-order valence-electron chi connectivity index (χ2n) is 4.11. The van der Waals surface area contributed by atoms with Crippen LogP contribution < -0.4 is 10.6 Å². The number of nitrogens with two attached hydrogens (primary N) is 1. The van der Waals surface area contributed by atoms with Crippen LogP contribution in [-0.4, -0.2) is 40.0 Å². The number of aromatic nitrogens is 4. The molecule has 2 aromatic rings. The van der Waals surface area contributed by atoms with Crippen molar-refractivity contribution in [2.45, 2.75) is 6.61 Å². The van der Waals surface area contributed by atoms with Crippen molar-refractivity contribution in [3.8, 4) is 0 Å². The molecule has 0 aliphatic heterocycles. The fourth-order valence-corrected chi connectivity index (χ4v) is 1.73. The highest BCUT2D eigenvalue weighted by Gasteiger charge is 2.12. The van der Waals surface area contributed by atoms with Gasteiger partial charge < -0.3 is 20.4 Å². The van der Waals surface area contributed by atoms with Gasteiger partial charge in [0.25, 0.3) is 0 Å². The summed E-state index contributed by atoms with van der Waals surface area (Å²) in [4.78, 5) is 28.2. The molecule has 106 valence electrons. The Labute approximate surface area is 123 Å². The minimum atomic E-state index is -0.499. The van der Waals surface area contributed by atoms with Gasteiger partial charge in [-0.25, -0.2) is 4.79 Å². The fourth-order valence-electron chi connectivity index (χ4n) is 1.38. The molecule has 2 heterocycles. The van der Waals surface area contributed by atoms with E-state index in [9.17, 15) is 4.79 Å². The van der Waals surface area contributed by atoms with Crippen LogP contribution in [0.3, 0.4) is 0 Å². The average molecular weight is 341 g/mol. The van der Waals surface area contributed by atoms with Gasteiger partial charge >= 0.3 is 5.97 Å². The molecule has 0 aliphatic carbocycles. The van der Waals surface area contributed by atoms with Gasteiger partial charge in [-0.1, -0.05) is 0 Å². The maximum atomic E-state index is 11.7. The van der Waals surface area contributed by atoms with Crippen LogP contribution in [0.15, 0.2) is 16.7 Å². The van der Waals surface area contributed by atoms with Crippen molar-refractivity contribution in [2.75, 3.05) is 24.7 Å². The molecule has 0 aromatic carbocycles. The van der Waals surface area contributed by atoms with E-state index < -0.39 is 5.97 Å². The van der Waals surface area contributed by atoms with Crippen molar-refractivity contribution in [3.63, 3.8) is 0 Å². The number of nitrogen functional groups attached to an aromatic ring is 1. The highest BCUT2D eigenvalue weighted by molar-refractivity contribution is 9.10. The molecule has 20 heavy (non-hydrogen) atoms. The summed E-state index contributed by atoms with van der Waals surface area (Å²) < 4.78 is 5.87. The maximum absolute atomic E-state index is 11.7. The molecule has 0 aliphatic rings. The summed E-state index contributed by atoms with van der Waals surface area (Å²) >= 11 is 3.24. The average Bonchev–Trinajstić information content (AvgIpc) is 2.82. The summed E-state index contributed by atoms with van der Waals surface area (Å²) in [6, 6.07) is 1.62. The van der Waals surface area contributed by atoms with Crippen LogP contribution in [0.5, 0.6) is 0 Å². The number of ether oxygens (including phenoxy) is 1. The van der Waals surface area contributed by atoms with Crippen LogP contribution in [0.2, 0.25) is 0 Å². The number of carbonyl (C=O) groups is 1. The molecule has 0 bridgehead atoms. The third kappa shape index (κ3) is 3.44. The van der Waals surface area contributed by atoms with E-state index in [4.69, 9.17) is 10.5 Å². The lowest BCUT2D eigenvalue weighted by Gasteiger charge is -2.11. The number of rotatable bonds is 4. The van der Waals surface area contributed by atoms with Crippen LogP contribution in [0.4, 0.5) is 11.9 Å². The number of nitrogens with one attached hydrogen (secondary N) is 1. The Kier molecular flexibility index (Phi) is 4.18. The molecular formula is C11H13BrN6O2. The molecule has 9 heteroatoms. The van der Waals surface area contributed by atoms with Gasteiger partial charge in [0.05, 0.1) is 0 Å². The first-order valence-corrected chi connectivity index (χ1v) is 6.44. The molecule has 0 spiro atoms. The van der Waals surface area contributed by atoms with Crippen LogP contribution in [0.1, 0.15) is 16.3 Å². The summed E-state index contributed by atoms with van der Waals surface area (Å²) in [7, 11) is 3.56. The number of halogens is 1. The number of carbonyl (C=O) groups excluding carboxylic acids is 1. The molecule has 3 N–H and O–H groups in total. The van der Waals surface area contributed by atoms with E-state index in [1.807, 2.05) is 0 Å². The van der Waals surface area contributed by atoms with E-state index in [0.29, 0.717) is 17.5 Å². The third-order valence-corrected chi connectivity index (χ3v) is 2.75. The number of hydrogen-bond donors (Lipinski definition) is 2. The van der Waals surface area contributed by atoms with Crippen LogP contribution in [0.25, 0.3) is 0 Å². The normalized spacial score (nSPS) is 10.3. The molecule has 2 aromatic heterocycles. The predicted octanol–water partition coefficient (Wildman–Crippen LogP) is 0.967.